The lowest BCUT2D eigenvalue weighted by molar-refractivity contribution is -0.130. The van der Waals surface area contributed by atoms with E-state index < -0.39 is 23.2 Å². The van der Waals surface area contributed by atoms with E-state index in [0.29, 0.717) is 0 Å². The smallest absolute Gasteiger partial charge is 0.330 e. The van der Waals surface area contributed by atoms with E-state index in [4.69, 9.17) is 0 Å². The number of carbonyl (C=O) groups excluding carboxylic acids is 1. The second-order valence-corrected chi connectivity index (χ2v) is 6.61. The Morgan fingerprint density at radius 2 is 1.96 bits per heavy atom. The fraction of sp³-hybridized carbons (Fsp3) is 0.250. The van der Waals surface area contributed by atoms with E-state index in [1.807, 2.05) is 24.3 Å². The molecule has 2 N–H and O–H groups in total. The van der Waals surface area contributed by atoms with Crippen LogP contribution < -0.4 is 11.2 Å². The number of hydrazone groups is 1. The van der Waals surface area contributed by atoms with Crippen LogP contribution in [0.1, 0.15) is 30.5 Å². The molecule has 8 nitrogen and oxygen atoms in total. The van der Waals surface area contributed by atoms with Crippen LogP contribution in [0.3, 0.4) is 0 Å². The zero-order valence-corrected chi connectivity index (χ0v) is 15.1. The van der Waals surface area contributed by atoms with E-state index in [1.165, 1.54) is 19.0 Å². The first-order valence-electron chi connectivity index (χ1n) is 7.45. The third kappa shape index (κ3) is 3.02. The van der Waals surface area contributed by atoms with Gasteiger partial charge < -0.3 is 5.11 Å². The molecule has 1 atom stereocenters. The lowest BCUT2D eigenvalue weighted by Gasteiger charge is -2.20. The van der Waals surface area contributed by atoms with Gasteiger partial charge in [0.15, 0.2) is 0 Å². The molecule has 0 fully saturated rings. The number of halogens is 1. The van der Waals surface area contributed by atoms with Gasteiger partial charge in [-0.05, 0) is 17.7 Å². The zero-order chi connectivity index (χ0) is 18.3. The number of aromatic hydroxyl groups is 1. The van der Waals surface area contributed by atoms with Crippen LogP contribution >= 0.6 is 15.9 Å². The van der Waals surface area contributed by atoms with Crippen molar-refractivity contribution in [2.75, 3.05) is 0 Å². The second-order valence-electron chi connectivity index (χ2n) is 5.70. The molecule has 0 aliphatic carbocycles. The average molecular weight is 407 g/mol. The SMILES string of the molecule is CC(=O)N1N=C(c2c(O)n(C)c(=O)[nH]c2=O)C[C@@H]1c1ccc(Br)cc1. The number of carbonyl (C=O) groups is 1. The summed E-state index contributed by atoms with van der Waals surface area (Å²) in [6.07, 6.45) is 0.246. The molecule has 0 spiro atoms. The number of aromatic nitrogens is 2. The normalized spacial score (nSPS) is 16.8. The third-order valence-corrected chi connectivity index (χ3v) is 4.60. The summed E-state index contributed by atoms with van der Waals surface area (Å²) in [5.74, 6) is -0.767. The van der Waals surface area contributed by atoms with E-state index in [-0.39, 0.29) is 23.6 Å². The number of aromatic amines is 1. The quantitative estimate of drug-likeness (QED) is 0.781. The average Bonchev–Trinajstić information content (AvgIpc) is 2.98. The van der Waals surface area contributed by atoms with Crippen molar-refractivity contribution in [3.05, 3.63) is 60.7 Å². The van der Waals surface area contributed by atoms with Gasteiger partial charge in [-0.2, -0.15) is 5.10 Å². The molecule has 0 bridgehead atoms. The lowest BCUT2D eigenvalue weighted by Crippen LogP contribution is -2.32. The Labute approximate surface area is 150 Å². The van der Waals surface area contributed by atoms with Crippen molar-refractivity contribution in [2.45, 2.75) is 19.4 Å². The molecular weight excluding hydrogens is 392 g/mol. The zero-order valence-electron chi connectivity index (χ0n) is 13.5. The van der Waals surface area contributed by atoms with Crippen molar-refractivity contribution in [3.63, 3.8) is 0 Å². The van der Waals surface area contributed by atoms with Crippen LogP contribution in [-0.4, -0.2) is 31.3 Å². The first kappa shape index (κ1) is 17.2. The van der Waals surface area contributed by atoms with Gasteiger partial charge in [0.05, 0.1) is 11.8 Å². The molecule has 25 heavy (non-hydrogen) atoms. The standard InChI is InChI=1S/C16H15BrN4O4/c1-8(22)21-12(9-3-5-10(17)6-4-9)7-11(19-21)13-14(23)18-16(25)20(2)15(13)24/h3-6,12,24H,7H2,1-2H3,(H,18,23,25)/t12-/m1/s1. The predicted molar refractivity (Wildman–Crippen MR) is 94.5 cm³/mol. The molecule has 2 aromatic rings. The molecule has 2 heterocycles. The molecule has 0 saturated heterocycles. The Balaban J connectivity index is 2.08. The number of nitrogens with one attached hydrogen (secondary N) is 1. The highest BCUT2D eigenvalue weighted by Crippen LogP contribution is 2.33. The minimum atomic E-state index is -0.737. The summed E-state index contributed by atoms with van der Waals surface area (Å²) in [4.78, 5) is 37.8. The predicted octanol–water partition coefficient (Wildman–Crippen LogP) is 1.24. The Kier molecular flexibility index (Phi) is 4.34. The van der Waals surface area contributed by atoms with Crippen molar-refractivity contribution in [1.82, 2.24) is 14.6 Å². The van der Waals surface area contributed by atoms with Crippen LogP contribution in [0.5, 0.6) is 5.88 Å². The van der Waals surface area contributed by atoms with Crippen molar-refractivity contribution >= 4 is 27.5 Å². The summed E-state index contributed by atoms with van der Waals surface area (Å²) in [7, 11) is 1.33. The first-order valence-corrected chi connectivity index (χ1v) is 8.24. The molecule has 1 aliphatic heterocycles. The van der Waals surface area contributed by atoms with Crippen LogP contribution in [0.15, 0.2) is 43.4 Å². The van der Waals surface area contributed by atoms with Crippen LogP contribution in [0.25, 0.3) is 0 Å². The summed E-state index contributed by atoms with van der Waals surface area (Å²) in [5, 5.41) is 15.7. The lowest BCUT2D eigenvalue weighted by atomic mass is 9.99. The van der Waals surface area contributed by atoms with Crippen LogP contribution in [0, 0.1) is 0 Å². The van der Waals surface area contributed by atoms with Crippen molar-refractivity contribution < 1.29 is 9.90 Å². The summed E-state index contributed by atoms with van der Waals surface area (Å²) >= 11 is 3.36. The number of rotatable bonds is 2. The van der Waals surface area contributed by atoms with Crippen molar-refractivity contribution in [1.29, 1.82) is 0 Å². The van der Waals surface area contributed by atoms with Gasteiger partial charge in [0, 0.05) is 24.9 Å². The van der Waals surface area contributed by atoms with Gasteiger partial charge in [-0.1, -0.05) is 28.1 Å². The number of hydrogen-bond acceptors (Lipinski definition) is 5. The minimum Gasteiger partial charge on any atom is -0.494 e. The molecule has 130 valence electrons. The number of hydrogen-bond donors (Lipinski definition) is 2. The van der Waals surface area contributed by atoms with Gasteiger partial charge in [-0.25, -0.2) is 9.80 Å². The van der Waals surface area contributed by atoms with E-state index in [9.17, 15) is 19.5 Å². The maximum atomic E-state index is 12.1. The number of benzene rings is 1. The number of H-pyrrole nitrogens is 1. The molecule has 1 aromatic carbocycles. The summed E-state index contributed by atoms with van der Waals surface area (Å²) < 4.78 is 1.82. The Morgan fingerprint density at radius 3 is 2.56 bits per heavy atom. The Bertz CT molecular complexity index is 991. The first-order chi connectivity index (χ1) is 11.8. The van der Waals surface area contributed by atoms with E-state index in [2.05, 4.69) is 26.0 Å². The molecule has 1 amide bonds. The van der Waals surface area contributed by atoms with Gasteiger partial charge in [-0.3, -0.25) is 19.1 Å². The Hall–Kier alpha value is -2.68. The molecule has 0 radical (unpaired) electrons. The maximum absolute atomic E-state index is 12.1. The fourth-order valence-corrected chi connectivity index (χ4v) is 3.03. The fourth-order valence-electron chi connectivity index (χ4n) is 2.77. The molecule has 1 aromatic heterocycles. The summed E-state index contributed by atoms with van der Waals surface area (Å²) in [5.41, 5.74) is -0.472. The van der Waals surface area contributed by atoms with Gasteiger partial charge in [0.25, 0.3) is 5.56 Å². The van der Waals surface area contributed by atoms with Gasteiger partial charge in [-0.15, -0.1) is 0 Å². The number of amides is 1. The monoisotopic (exact) mass is 406 g/mol. The minimum absolute atomic E-state index is 0.104. The van der Waals surface area contributed by atoms with Crippen molar-refractivity contribution in [3.8, 4) is 5.88 Å². The topological polar surface area (TPSA) is 108 Å². The van der Waals surface area contributed by atoms with E-state index >= 15 is 0 Å². The van der Waals surface area contributed by atoms with Crippen LogP contribution in [-0.2, 0) is 11.8 Å². The van der Waals surface area contributed by atoms with Crippen LogP contribution in [0.2, 0.25) is 0 Å². The van der Waals surface area contributed by atoms with Gasteiger partial charge in [0.1, 0.15) is 5.56 Å². The van der Waals surface area contributed by atoms with Crippen molar-refractivity contribution in [2.24, 2.45) is 12.1 Å². The molecule has 0 unspecified atom stereocenters. The maximum Gasteiger partial charge on any atom is 0.330 e. The molecule has 9 heteroatoms. The van der Waals surface area contributed by atoms with E-state index in [1.54, 1.807) is 0 Å². The second kappa shape index (κ2) is 6.32. The molecular formula is C16H15BrN4O4. The number of nitrogens with zero attached hydrogens (tertiary/aromatic N) is 3. The van der Waals surface area contributed by atoms with E-state index in [0.717, 1.165) is 14.6 Å². The van der Waals surface area contributed by atoms with Gasteiger partial charge in [0.2, 0.25) is 11.8 Å². The third-order valence-electron chi connectivity index (χ3n) is 4.07. The largest absolute Gasteiger partial charge is 0.494 e. The highest BCUT2D eigenvalue weighted by atomic mass is 79.9. The Morgan fingerprint density at radius 1 is 1.32 bits per heavy atom. The van der Waals surface area contributed by atoms with Crippen LogP contribution in [0.4, 0.5) is 0 Å². The highest BCUT2D eigenvalue weighted by Gasteiger charge is 2.34. The molecule has 1 aliphatic rings. The molecule has 3 rings (SSSR count). The highest BCUT2D eigenvalue weighted by molar-refractivity contribution is 9.10. The summed E-state index contributed by atoms with van der Waals surface area (Å²) in [6, 6.07) is 7.02. The molecule has 0 saturated carbocycles. The van der Waals surface area contributed by atoms with Gasteiger partial charge >= 0.3 is 5.69 Å². The summed E-state index contributed by atoms with van der Waals surface area (Å²) in [6.45, 7) is 1.38.